The maximum Gasteiger partial charge on any atom is 0.254 e. The second-order valence-corrected chi connectivity index (χ2v) is 4.21. The summed E-state index contributed by atoms with van der Waals surface area (Å²) in [6.45, 7) is 0. The number of nitrogens with zero attached hydrogens (tertiary/aromatic N) is 1. The first-order chi connectivity index (χ1) is 8.10. The molecule has 17 heavy (non-hydrogen) atoms. The minimum absolute atomic E-state index is 0.258. The number of hydrogen-bond donors (Lipinski definition) is 2. The van der Waals surface area contributed by atoms with Crippen LogP contribution in [-0.4, -0.2) is 22.2 Å². The minimum atomic E-state index is -0.422. The molecule has 5 nitrogen and oxygen atoms in total. The quantitative estimate of drug-likeness (QED) is 0.888. The molecule has 0 aliphatic heterocycles. The van der Waals surface area contributed by atoms with E-state index in [-0.39, 0.29) is 11.7 Å². The Labute approximate surface area is 105 Å². The van der Waals surface area contributed by atoms with E-state index in [1.165, 1.54) is 7.11 Å². The predicted molar refractivity (Wildman–Crippen MR) is 66.2 cm³/mol. The molecule has 0 fully saturated rings. The molecule has 2 aromatic rings. The molecule has 1 aromatic carbocycles. The van der Waals surface area contributed by atoms with Gasteiger partial charge in [0.25, 0.3) is 5.56 Å². The zero-order valence-corrected chi connectivity index (χ0v) is 10.5. The van der Waals surface area contributed by atoms with E-state index in [1.54, 1.807) is 12.1 Å². The number of ether oxygens (including phenoxy) is 1. The monoisotopic (exact) mass is 296 g/mol. The molecule has 0 unspecified atom stereocenters. The van der Waals surface area contributed by atoms with Crippen molar-refractivity contribution >= 4 is 15.9 Å². The van der Waals surface area contributed by atoms with Crippen LogP contribution in [0.25, 0.3) is 11.4 Å². The average Bonchev–Trinajstić information content (AvgIpc) is 2.27. The zero-order valence-electron chi connectivity index (χ0n) is 8.90. The number of aromatic nitrogens is 2. The van der Waals surface area contributed by atoms with Crippen LogP contribution in [0, 0.1) is 0 Å². The predicted octanol–water partition coefficient (Wildman–Crippen LogP) is 1.91. The van der Waals surface area contributed by atoms with E-state index in [0.29, 0.717) is 11.3 Å². The van der Waals surface area contributed by atoms with E-state index in [2.05, 4.69) is 25.9 Å². The van der Waals surface area contributed by atoms with Crippen molar-refractivity contribution < 1.29 is 9.84 Å². The third-order valence-electron chi connectivity index (χ3n) is 2.14. The second kappa shape index (κ2) is 4.58. The standard InChI is InChI=1S/C11H9BrN2O3/c1-17-8-3-2-6(12)4-7(8)11-13-9(15)5-10(16)14-11/h2-5H,1H3,(H2,13,14,15,16). The van der Waals surface area contributed by atoms with Crippen LogP contribution < -0.4 is 10.3 Å². The summed E-state index contributed by atoms with van der Waals surface area (Å²) >= 11 is 3.32. The summed E-state index contributed by atoms with van der Waals surface area (Å²) in [6, 6.07) is 6.30. The molecule has 2 N–H and O–H groups in total. The fourth-order valence-electron chi connectivity index (χ4n) is 1.44. The van der Waals surface area contributed by atoms with Crippen molar-refractivity contribution in [2.75, 3.05) is 7.11 Å². The van der Waals surface area contributed by atoms with Gasteiger partial charge in [-0.05, 0) is 18.2 Å². The number of benzene rings is 1. The van der Waals surface area contributed by atoms with Crippen LogP contribution in [0.15, 0.2) is 33.5 Å². The number of nitrogens with one attached hydrogen (secondary N) is 1. The van der Waals surface area contributed by atoms with Crippen molar-refractivity contribution in [3.05, 3.63) is 39.1 Å². The highest BCUT2D eigenvalue weighted by molar-refractivity contribution is 9.10. The zero-order chi connectivity index (χ0) is 12.4. The van der Waals surface area contributed by atoms with Gasteiger partial charge in [0.05, 0.1) is 18.7 Å². The van der Waals surface area contributed by atoms with E-state index in [0.717, 1.165) is 10.5 Å². The fourth-order valence-corrected chi connectivity index (χ4v) is 1.80. The van der Waals surface area contributed by atoms with Crippen molar-refractivity contribution in [2.45, 2.75) is 0 Å². The molecule has 0 bridgehead atoms. The lowest BCUT2D eigenvalue weighted by molar-refractivity contribution is 0.415. The number of hydrogen-bond acceptors (Lipinski definition) is 4. The lowest BCUT2D eigenvalue weighted by atomic mass is 10.2. The molecule has 0 saturated heterocycles. The summed E-state index contributed by atoms with van der Waals surface area (Å²) in [7, 11) is 1.52. The maximum absolute atomic E-state index is 11.3. The molecule has 2 rings (SSSR count). The van der Waals surface area contributed by atoms with Crippen LogP contribution in [0.1, 0.15) is 0 Å². The van der Waals surface area contributed by atoms with Gasteiger partial charge >= 0.3 is 0 Å². The summed E-state index contributed by atoms with van der Waals surface area (Å²) in [5.41, 5.74) is 0.171. The number of halogens is 1. The van der Waals surface area contributed by atoms with Crippen molar-refractivity contribution in [1.29, 1.82) is 0 Å². The molecule has 88 valence electrons. The molecule has 1 heterocycles. The smallest absolute Gasteiger partial charge is 0.254 e. The van der Waals surface area contributed by atoms with Gasteiger partial charge in [-0.1, -0.05) is 15.9 Å². The molecule has 0 atom stereocenters. The molecule has 0 spiro atoms. The van der Waals surface area contributed by atoms with Crippen molar-refractivity contribution in [3.63, 3.8) is 0 Å². The Kier molecular flexibility index (Phi) is 3.14. The van der Waals surface area contributed by atoms with Gasteiger partial charge in [0.2, 0.25) is 5.88 Å². The number of methoxy groups -OCH3 is 1. The summed E-state index contributed by atoms with van der Waals surface area (Å²) in [6.07, 6.45) is 0. The van der Waals surface area contributed by atoms with E-state index in [1.807, 2.05) is 6.07 Å². The Balaban J connectivity index is 2.66. The third kappa shape index (κ3) is 2.47. The average molecular weight is 297 g/mol. The van der Waals surface area contributed by atoms with Gasteiger partial charge in [0.1, 0.15) is 11.6 Å². The minimum Gasteiger partial charge on any atom is -0.496 e. The topological polar surface area (TPSA) is 75.2 Å². The molecule has 0 saturated carbocycles. The summed E-state index contributed by atoms with van der Waals surface area (Å²) in [4.78, 5) is 17.7. The van der Waals surface area contributed by atoms with Gasteiger partial charge in [-0.2, -0.15) is 4.98 Å². The second-order valence-electron chi connectivity index (χ2n) is 3.30. The van der Waals surface area contributed by atoms with E-state index in [4.69, 9.17) is 4.74 Å². The largest absolute Gasteiger partial charge is 0.496 e. The van der Waals surface area contributed by atoms with Crippen molar-refractivity contribution in [2.24, 2.45) is 0 Å². The van der Waals surface area contributed by atoms with Gasteiger partial charge in [-0.3, -0.25) is 4.79 Å². The molecule has 0 aliphatic rings. The first-order valence-electron chi connectivity index (χ1n) is 4.74. The van der Waals surface area contributed by atoms with Crippen molar-refractivity contribution in [3.8, 4) is 23.0 Å². The van der Waals surface area contributed by atoms with Crippen LogP contribution >= 0.6 is 15.9 Å². The van der Waals surface area contributed by atoms with Crippen LogP contribution in [0.3, 0.4) is 0 Å². The maximum atomic E-state index is 11.3. The van der Waals surface area contributed by atoms with Gasteiger partial charge in [-0.25, -0.2) is 0 Å². The highest BCUT2D eigenvalue weighted by atomic mass is 79.9. The molecule has 0 aliphatic carbocycles. The molecule has 0 amide bonds. The number of H-pyrrole nitrogens is 1. The van der Waals surface area contributed by atoms with Gasteiger partial charge in [0.15, 0.2) is 0 Å². The number of aromatic hydroxyl groups is 1. The lowest BCUT2D eigenvalue weighted by Crippen LogP contribution is -2.07. The Morgan fingerprint density at radius 3 is 2.82 bits per heavy atom. The molecular weight excluding hydrogens is 288 g/mol. The van der Waals surface area contributed by atoms with Crippen LogP contribution in [0.4, 0.5) is 0 Å². The first-order valence-corrected chi connectivity index (χ1v) is 5.53. The number of rotatable bonds is 2. The highest BCUT2D eigenvalue weighted by Gasteiger charge is 2.10. The van der Waals surface area contributed by atoms with E-state index < -0.39 is 5.56 Å². The van der Waals surface area contributed by atoms with Crippen LogP contribution in [0.2, 0.25) is 0 Å². The summed E-state index contributed by atoms with van der Waals surface area (Å²) in [5.74, 6) is 0.487. The van der Waals surface area contributed by atoms with Gasteiger partial charge in [0, 0.05) is 4.47 Å². The summed E-state index contributed by atoms with van der Waals surface area (Å²) < 4.78 is 5.99. The van der Waals surface area contributed by atoms with Crippen LogP contribution in [-0.2, 0) is 0 Å². The fraction of sp³-hybridized carbons (Fsp3) is 0.0909. The Morgan fingerprint density at radius 2 is 2.18 bits per heavy atom. The normalized spacial score (nSPS) is 10.2. The third-order valence-corrected chi connectivity index (χ3v) is 2.64. The Morgan fingerprint density at radius 1 is 1.41 bits per heavy atom. The Hall–Kier alpha value is -1.82. The molecular formula is C11H9BrN2O3. The van der Waals surface area contributed by atoms with Crippen LogP contribution in [0.5, 0.6) is 11.6 Å². The summed E-state index contributed by atoms with van der Waals surface area (Å²) in [5, 5.41) is 9.30. The van der Waals surface area contributed by atoms with E-state index in [9.17, 15) is 9.90 Å². The first kappa shape index (κ1) is 11.7. The molecule has 0 radical (unpaired) electrons. The number of aromatic amines is 1. The van der Waals surface area contributed by atoms with Crippen molar-refractivity contribution in [1.82, 2.24) is 9.97 Å². The lowest BCUT2D eigenvalue weighted by Gasteiger charge is -2.08. The highest BCUT2D eigenvalue weighted by Crippen LogP contribution is 2.30. The van der Waals surface area contributed by atoms with E-state index >= 15 is 0 Å². The van der Waals surface area contributed by atoms with Gasteiger partial charge in [-0.15, -0.1) is 0 Å². The SMILES string of the molecule is COc1ccc(Br)cc1-c1nc(O)cc(=O)[nH]1. The molecule has 6 heteroatoms. The van der Waals surface area contributed by atoms with Gasteiger partial charge < -0.3 is 14.8 Å². The molecule has 1 aromatic heterocycles. The Bertz CT molecular complexity index is 610.